The van der Waals surface area contributed by atoms with E-state index in [1.54, 1.807) is 27.7 Å². The van der Waals surface area contributed by atoms with Crippen LogP contribution in [0.5, 0.6) is 0 Å². The summed E-state index contributed by atoms with van der Waals surface area (Å²) in [5, 5.41) is 0. The Morgan fingerprint density at radius 3 is 1.50 bits per heavy atom. The SMILES string of the molecule is C=C1OC(=O)C2(C)C1(C)C1(C)C(=O)OC(=O)C21C. The topological polar surface area (TPSA) is 69.7 Å². The molecule has 4 atom stereocenters. The summed E-state index contributed by atoms with van der Waals surface area (Å²) in [6.45, 7) is 10.4. The Morgan fingerprint density at radius 1 is 0.722 bits per heavy atom. The van der Waals surface area contributed by atoms with E-state index in [2.05, 4.69) is 6.58 Å². The molecule has 3 aliphatic rings. The lowest BCUT2D eigenvalue weighted by molar-refractivity contribution is -0.238. The van der Waals surface area contributed by atoms with Gasteiger partial charge in [-0.15, -0.1) is 0 Å². The zero-order valence-electron chi connectivity index (χ0n) is 10.7. The maximum absolute atomic E-state index is 12.1. The summed E-state index contributed by atoms with van der Waals surface area (Å²) >= 11 is 0. The van der Waals surface area contributed by atoms with Crippen molar-refractivity contribution in [3.05, 3.63) is 12.3 Å². The Labute approximate surface area is 104 Å². The molecule has 0 N–H and O–H groups in total. The van der Waals surface area contributed by atoms with Crippen molar-refractivity contribution in [2.24, 2.45) is 21.7 Å². The lowest BCUT2D eigenvalue weighted by Gasteiger charge is -2.66. The Kier molecular flexibility index (Phi) is 1.52. The zero-order chi connectivity index (χ0) is 13.7. The number of allylic oxidation sites excluding steroid dienone is 1. The molecular formula is C13H14O5. The van der Waals surface area contributed by atoms with Crippen LogP contribution in [0.1, 0.15) is 27.7 Å². The summed E-state index contributed by atoms with van der Waals surface area (Å²) in [6, 6.07) is 0. The highest BCUT2D eigenvalue weighted by Crippen LogP contribution is 2.85. The van der Waals surface area contributed by atoms with Crippen LogP contribution in [-0.4, -0.2) is 17.9 Å². The van der Waals surface area contributed by atoms with Gasteiger partial charge in [0.1, 0.15) is 5.76 Å². The van der Waals surface area contributed by atoms with Crippen LogP contribution in [0, 0.1) is 21.7 Å². The van der Waals surface area contributed by atoms with Crippen molar-refractivity contribution in [2.75, 3.05) is 0 Å². The Bertz CT molecular complexity index is 450. The van der Waals surface area contributed by atoms with E-state index in [-0.39, 0.29) is 5.76 Å². The molecule has 2 heterocycles. The lowest BCUT2D eigenvalue weighted by atomic mass is 9.27. The fourth-order valence-corrected chi connectivity index (χ4v) is 4.32. The highest BCUT2D eigenvalue weighted by atomic mass is 16.6. The molecule has 96 valence electrons. The van der Waals surface area contributed by atoms with Gasteiger partial charge >= 0.3 is 17.9 Å². The molecule has 4 unspecified atom stereocenters. The fourth-order valence-electron chi connectivity index (χ4n) is 4.32. The quantitative estimate of drug-likeness (QED) is 0.477. The van der Waals surface area contributed by atoms with Gasteiger partial charge in [-0.3, -0.25) is 14.4 Å². The second-order valence-corrected chi connectivity index (χ2v) is 5.99. The first-order valence-electron chi connectivity index (χ1n) is 5.78. The number of rotatable bonds is 0. The minimum Gasteiger partial charge on any atom is -0.431 e. The smallest absolute Gasteiger partial charge is 0.321 e. The average Bonchev–Trinajstić information content (AvgIpc) is 2.57. The van der Waals surface area contributed by atoms with Crippen molar-refractivity contribution in [3.63, 3.8) is 0 Å². The van der Waals surface area contributed by atoms with Crippen LogP contribution >= 0.6 is 0 Å². The van der Waals surface area contributed by atoms with Crippen molar-refractivity contribution >= 4 is 17.9 Å². The molecule has 18 heavy (non-hydrogen) atoms. The van der Waals surface area contributed by atoms with Crippen LogP contribution in [0.2, 0.25) is 0 Å². The first-order chi connectivity index (χ1) is 8.10. The van der Waals surface area contributed by atoms with Gasteiger partial charge in [-0.05, 0) is 20.8 Å². The maximum Gasteiger partial charge on any atom is 0.321 e. The van der Waals surface area contributed by atoms with Crippen LogP contribution in [0.4, 0.5) is 0 Å². The van der Waals surface area contributed by atoms with E-state index in [1.165, 1.54) is 0 Å². The molecular weight excluding hydrogens is 236 g/mol. The molecule has 2 saturated heterocycles. The van der Waals surface area contributed by atoms with Crippen LogP contribution in [0.25, 0.3) is 0 Å². The van der Waals surface area contributed by atoms with Gasteiger partial charge in [0.15, 0.2) is 0 Å². The summed E-state index contributed by atoms with van der Waals surface area (Å²) in [5.74, 6) is -1.53. The molecule has 1 aliphatic carbocycles. The number of hydrogen-bond donors (Lipinski definition) is 0. The number of hydrogen-bond acceptors (Lipinski definition) is 5. The van der Waals surface area contributed by atoms with E-state index in [9.17, 15) is 14.4 Å². The van der Waals surface area contributed by atoms with Crippen LogP contribution in [-0.2, 0) is 23.9 Å². The summed E-state index contributed by atoms with van der Waals surface area (Å²) in [5.41, 5.74) is -4.30. The number of fused-ring (bicyclic) bond motifs is 4. The third-order valence-corrected chi connectivity index (χ3v) is 6.18. The number of cyclic esters (lactones) is 3. The Morgan fingerprint density at radius 2 is 1.06 bits per heavy atom. The van der Waals surface area contributed by atoms with Gasteiger partial charge in [0.2, 0.25) is 0 Å². The average molecular weight is 250 g/mol. The number of esters is 3. The largest absolute Gasteiger partial charge is 0.431 e. The van der Waals surface area contributed by atoms with Crippen LogP contribution in [0.15, 0.2) is 12.3 Å². The number of ether oxygens (including phenoxy) is 2. The second-order valence-electron chi connectivity index (χ2n) is 5.99. The highest BCUT2D eigenvalue weighted by Gasteiger charge is 2.95. The van der Waals surface area contributed by atoms with Gasteiger partial charge in [0.25, 0.3) is 0 Å². The lowest BCUT2D eigenvalue weighted by Crippen LogP contribution is -2.76. The number of carbonyl (C=O) groups excluding carboxylic acids is 3. The van der Waals surface area contributed by atoms with E-state index in [1.807, 2.05) is 0 Å². The van der Waals surface area contributed by atoms with Gasteiger partial charge in [0.05, 0.1) is 21.7 Å². The van der Waals surface area contributed by atoms with Gasteiger partial charge in [-0.25, -0.2) is 0 Å². The third-order valence-electron chi connectivity index (χ3n) is 6.18. The van der Waals surface area contributed by atoms with Crippen molar-refractivity contribution in [2.45, 2.75) is 27.7 Å². The zero-order valence-corrected chi connectivity index (χ0v) is 10.7. The number of carbonyl (C=O) groups is 3. The van der Waals surface area contributed by atoms with E-state index in [0.717, 1.165) is 0 Å². The van der Waals surface area contributed by atoms with Gasteiger partial charge in [-0.1, -0.05) is 13.5 Å². The Hall–Kier alpha value is -1.65. The van der Waals surface area contributed by atoms with E-state index in [0.29, 0.717) is 0 Å². The highest BCUT2D eigenvalue weighted by molar-refractivity contribution is 6.10. The summed E-state index contributed by atoms with van der Waals surface area (Å²) < 4.78 is 9.92. The van der Waals surface area contributed by atoms with Gasteiger partial charge < -0.3 is 9.47 Å². The first-order valence-corrected chi connectivity index (χ1v) is 5.78. The molecule has 3 rings (SSSR count). The van der Waals surface area contributed by atoms with E-state index in [4.69, 9.17) is 9.47 Å². The van der Waals surface area contributed by atoms with Crippen LogP contribution < -0.4 is 0 Å². The molecule has 0 aromatic heterocycles. The fraction of sp³-hybridized carbons (Fsp3) is 0.615. The summed E-state index contributed by atoms with van der Waals surface area (Å²) in [7, 11) is 0. The molecule has 2 aliphatic heterocycles. The third kappa shape index (κ3) is 0.581. The first kappa shape index (κ1) is 11.4. The predicted octanol–water partition coefficient (Wildman–Crippen LogP) is 1.18. The molecule has 5 heteroatoms. The predicted molar refractivity (Wildman–Crippen MR) is 58.8 cm³/mol. The molecule has 0 radical (unpaired) electrons. The molecule has 3 fully saturated rings. The van der Waals surface area contributed by atoms with E-state index >= 15 is 0 Å². The Balaban J connectivity index is 2.38. The molecule has 5 nitrogen and oxygen atoms in total. The monoisotopic (exact) mass is 250 g/mol. The second kappa shape index (κ2) is 2.39. The van der Waals surface area contributed by atoms with Gasteiger partial charge in [0, 0.05) is 0 Å². The molecule has 0 amide bonds. The van der Waals surface area contributed by atoms with Crippen molar-refractivity contribution in [1.29, 1.82) is 0 Å². The standard InChI is InChI=1S/C13H14O5/c1-6-10(2)11(3,7(14)17-6)13(5)9(16)18-8(15)12(10,13)4/h1H2,2-5H3. The molecule has 0 spiro atoms. The maximum atomic E-state index is 12.1. The van der Waals surface area contributed by atoms with E-state index < -0.39 is 39.6 Å². The molecule has 0 bridgehead atoms. The molecule has 0 aromatic rings. The normalized spacial score (nSPS) is 53.6. The molecule has 1 saturated carbocycles. The van der Waals surface area contributed by atoms with Crippen LogP contribution in [0.3, 0.4) is 0 Å². The van der Waals surface area contributed by atoms with Crippen molar-refractivity contribution < 1.29 is 23.9 Å². The summed E-state index contributed by atoms with van der Waals surface area (Å²) in [4.78, 5) is 36.2. The van der Waals surface area contributed by atoms with Crippen molar-refractivity contribution in [1.82, 2.24) is 0 Å². The summed E-state index contributed by atoms with van der Waals surface area (Å²) in [6.07, 6.45) is 0. The van der Waals surface area contributed by atoms with Gasteiger partial charge in [-0.2, -0.15) is 0 Å². The minimum absolute atomic E-state index is 0.238. The van der Waals surface area contributed by atoms with Crippen molar-refractivity contribution in [3.8, 4) is 0 Å². The molecule has 0 aromatic carbocycles. The minimum atomic E-state index is -1.19.